The third-order valence-electron chi connectivity index (χ3n) is 7.49. The minimum atomic E-state index is -0.997. The molecule has 1 aromatic heterocycles. The van der Waals surface area contributed by atoms with Crippen molar-refractivity contribution in [1.29, 1.82) is 0 Å². The summed E-state index contributed by atoms with van der Waals surface area (Å²) >= 11 is 3.58. The van der Waals surface area contributed by atoms with E-state index in [0.717, 1.165) is 16.5 Å². The Balaban J connectivity index is 1.69. The van der Waals surface area contributed by atoms with Gasteiger partial charge in [-0.25, -0.2) is 0 Å². The number of carbonyl (C=O) groups excluding carboxylic acids is 4. The molecule has 4 N–H and O–H groups in total. The summed E-state index contributed by atoms with van der Waals surface area (Å²) in [6.07, 6.45) is 5.86. The van der Waals surface area contributed by atoms with Gasteiger partial charge in [-0.05, 0) is 71.4 Å². The molecular formula is C32H37BrN4O6. The maximum Gasteiger partial charge on any atom is 0.308 e. The van der Waals surface area contributed by atoms with Crippen molar-refractivity contribution in [3.05, 3.63) is 76.4 Å². The van der Waals surface area contributed by atoms with Crippen LogP contribution >= 0.6 is 15.9 Å². The number of rotatable bonds is 3. The number of esters is 1. The lowest BCUT2D eigenvalue weighted by molar-refractivity contribution is -0.145. The van der Waals surface area contributed by atoms with Crippen molar-refractivity contribution in [3.63, 3.8) is 0 Å². The Morgan fingerprint density at radius 2 is 1.72 bits per heavy atom. The van der Waals surface area contributed by atoms with Crippen LogP contribution in [0.15, 0.2) is 65.3 Å². The Kier molecular flexibility index (Phi) is 11.0. The number of allylic oxidation sites excluding steroid dienone is 2. The molecule has 1 aliphatic heterocycles. The highest BCUT2D eigenvalue weighted by atomic mass is 79.9. The number of H-pyrrole nitrogens is 1. The lowest BCUT2D eigenvalue weighted by Gasteiger charge is -2.31. The van der Waals surface area contributed by atoms with Crippen molar-refractivity contribution in [2.75, 3.05) is 13.7 Å². The van der Waals surface area contributed by atoms with Gasteiger partial charge in [0.1, 0.15) is 17.8 Å². The summed E-state index contributed by atoms with van der Waals surface area (Å²) in [7, 11) is 1.53. The maximum absolute atomic E-state index is 14.1. The van der Waals surface area contributed by atoms with Crippen LogP contribution in [0.1, 0.15) is 56.2 Å². The van der Waals surface area contributed by atoms with Crippen molar-refractivity contribution < 1.29 is 29.0 Å². The molecule has 11 heteroatoms. The largest absolute Gasteiger partial charge is 0.508 e. The van der Waals surface area contributed by atoms with Gasteiger partial charge in [0.25, 0.3) is 0 Å². The number of para-hydroxylation sites is 1. The van der Waals surface area contributed by atoms with E-state index in [9.17, 15) is 24.3 Å². The molecule has 0 aliphatic carbocycles. The van der Waals surface area contributed by atoms with E-state index in [1.807, 2.05) is 36.4 Å². The molecule has 0 fully saturated rings. The topological polar surface area (TPSA) is 141 Å². The predicted molar refractivity (Wildman–Crippen MR) is 166 cm³/mol. The quantitative estimate of drug-likeness (QED) is 0.244. The molecule has 1 aliphatic rings. The Hall–Kier alpha value is -4.12. The molecular weight excluding hydrogens is 616 g/mol. The summed E-state index contributed by atoms with van der Waals surface area (Å²) in [4.78, 5) is 57.7. The number of aromatic nitrogens is 1. The number of nitrogens with one attached hydrogen (secondary N) is 3. The fourth-order valence-electron chi connectivity index (χ4n) is 5.09. The first kappa shape index (κ1) is 31.8. The highest BCUT2D eigenvalue weighted by Gasteiger charge is 2.33. The van der Waals surface area contributed by atoms with Crippen LogP contribution in [0.25, 0.3) is 10.9 Å². The van der Waals surface area contributed by atoms with Crippen LogP contribution in [0.4, 0.5) is 0 Å². The summed E-state index contributed by atoms with van der Waals surface area (Å²) in [5, 5.41) is 16.4. The summed E-state index contributed by atoms with van der Waals surface area (Å²) in [5.41, 5.74) is 2.27. The predicted octanol–water partition coefficient (Wildman–Crippen LogP) is 4.43. The second-order valence-corrected chi connectivity index (χ2v) is 11.4. The van der Waals surface area contributed by atoms with Crippen molar-refractivity contribution >= 4 is 50.5 Å². The van der Waals surface area contributed by atoms with Gasteiger partial charge in [0, 0.05) is 30.8 Å². The van der Waals surface area contributed by atoms with Gasteiger partial charge in [-0.3, -0.25) is 19.2 Å². The van der Waals surface area contributed by atoms with Gasteiger partial charge >= 0.3 is 5.97 Å². The van der Waals surface area contributed by atoms with E-state index in [1.54, 1.807) is 19.1 Å². The van der Waals surface area contributed by atoms with Gasteiger partial charge < -0.3 is 30.4 Å². The van der Waals surface area contributed by atoms with Crippen molar-refractivity contribution in [2.24, 2.45) is 0 Å². The molecule has 1 unspecified atom stereocenters. The second-order valence-electron chi connectivity index (χ2n) is 10.7. The summed E-state index contributed by atoms with van der Waals surface area (Å²) < 4.78 is 6.14. The van der Waals surface area contributed by atoms with Crippen LogP contribution in [-0.4, -0.2) is 64.4 Å². The van der Waals surface area contributed by atoms with Crippen LogP contribution in [0.5, 0.6) is 5.75 Å². The number of nitrogens with zero attached hydrogens (tertiary/aromatic N) is 1. The number of carbonyl (C=O) groups is 4. The van der Waals surface area contributed by atoms with E-state index in [2.05, 4.69) is 31.5 Å². The van der Waals surface area contributed by atoms with Crippen molar-refractivity contribution in [3.8, 4) is 5.75 Å². The van der Waals surface area contributed by atoms with Crippen LogP contribution in [0.3, 0.4) is 0 Å². The Labute approximate surface area is 259 Å². The lowest BCUT2D eigenvalue weighted by atomic mass is 9.99. The average Bonchev–Trinajstić information content (AvgIpc) is 3.30. The van der Waals surface area contributed by atoms with Crippen molar-refractivity contribution in [1.82, 2.24) is 20.5 Å². The molecule has 10 nitrogen and oxygen atoms in total. The molecule has 0 saturated heterocycles. The minimum Gasteiger partial charge on any atom is -0.508 e. The van der Waals surface area contributed by atoms with Crippen LogP contribution < -0.4 is 10.6 Å². The van der Waals surface area contributed by atoms with Gasteiger partial charge in [0.15, 0.2) is 0 Å². The summed E-state index contributed by atoms with van der Waals surface area (Å²) in [5.74, 6) is -1.62. The minimum absolute atomic E-state index is 0.0465. The Morgan fingerprint density at radius 3 is 2.49 bits per heavy atom. The highest BCUT2D eigenvalue weighted by molar-refractivity contribution is 9.10. The molecule has 0 spiro atoms. The Bertz CT molecular complexity index is 1480. The van der Waals surface area contributed by atoms with Gasteiger partial charge in [0.2, 0.25) is 17.7 Å². The number of phenols is 1. The number of aromatic amines is 1. The fourth-order valence-corrected chi connectivity index (χ4v) is 5.68. The fraction of sp³-hybridized carbons (Fsp3) is 0.375. The highest BCUT2D eigenvalue weighted by Crippen LogP contribution is 2.29. The monoisotopic (exact) mass is 652 g/mol. The Morgan fingerprint density at radius 1 is 1.00 bits per heavy atom. The lowest BCUT2D eigenvalue weighted by Crippen LogP contribution is -2.54. The first-order valence-electron chi connectivity index (χ1n) is 14.3. The van der Waals surface area contributed by atoms with E-state index < -0.39 is 35.9 Å². The van der Waals surface area contributed by atoms with Crippen LogP contribution in [0, 0.1) is 0 Å². The standard InChI is InChI=1S/C32H37BrN4O6/c1-20-32(42)37(2)27(18-24-23-10-7-8-11-25(23)35-30(24)33)31(41)36-26(21-13-15-22(38)16-14-21)19-29(40)43-17-9-5-3-4-6-12-28(39)34-20/h3-4,7-8,10-11,13-16,20,26-27,35,38H,5-6,9,12,17-19H2,1-2H3,(H,34,39)(H,36,41)/b4-3+/t20?,26-,27-/m1/s1. The molecule has 2 aromatic carbocycles. The van der Waals surface area contributed by atoms with Crippen LogP contribution in [-0.2, 0) is 30.3 Å². The zero-order valence-electron chi connectivity index (χ0n) is 24.3. The number of phenolic OH excluding ortho intramolecular Hbond substituents is 1. The molecule has 0 radical (unpaired) electrons. The molecule has 2 heterocycles. The van der Waals surface area contributed by atoms with Crippen LogP contribution in [0.2, 0.25) is 0 Å². The van der Waals surface area contributed by atoms with Gasteiger partial charge in [0.05, 0.1) is 23.7 Å². The summed E-state index contributed by atoms with van der Waals surface area (Å²) in [6, 6.07) is 11.2. The zero-order chi connectivity index (χ0) is 30.9. The second kappa shape index (κ2) is 14.9. The first-order chi connectivity index (χ1) is 20.6. The number of cyclic esters (lactones) is 1. The molecule has 43 heavy (non-hydrogen) atoms. The molecule has 228 valence electrons. The first-order valence-corrected chi connectivity index (χ1v) is 15.1. The molecule has 3 amide bonds. The third-order valence-corrected chi connectivity index (χ3v) is 8.17. The van der Waals surface area contributed by atoms with E-state index in [0.29, 0.717) is 29.4 Å². The number of ether oxygens (including phenoxy) is 1. The number of amides is 3. The number of likely N-dealkylation sites (N-methyl/N-ethyl adjacent to an activating group) is 1. The van der Waals surface area contributed by atoms with Gasteiger partial charge in [-0.15, -0.1) is 0 Å². The number of aromatic hydroxyl groups is 1. The smallest absolute Gasteiger partial charge is 0.308 e. The van der Waals surface area contributed by atoms with Gasteiger partial charge in [-0.2, -0.15) is 0 Å². The third kappa shape index (κ3) is 8.47. The van der Waals surface area contributed by atoms with E-state index >= 15 is 0 Å². The SMILES string of the molecule is CC1NC(=O)CC/C=C/CCCOC(=O)C[C@H](c2ccc(O)cc2)NC(=O)[C@@H](Cc2c(Br)[nH]c3ccccc23)N(C)C1=O. The maximum atomic E-state index is 14.1. The van der Waals surface area contributed by atoms with E-state index in [-0.39, 0.29) is 37.5 Å². The molecule has 4 rings (SSSR count). The number of benzene rings is 2. The number of hydrogen-bond acceptors (Lipinski definition) is 6. The normalized spacial score (nSPS) is 22.6. The molecule has 0 saturated carbocycles. The van der Waals surface area contributed by atoms with E-state index in [4.69, 9.17) is 4.74 Å². The van der Waals surface area contributed by atoms with Crippen molar-refractivity contribution in [2.45, 2.75) is 63.6 Å². The average molecular weight is 654 g/mol. The molecule has 3 atom stereocenters. The number of halogens is 1. The zero-order valence-corrected chi connectivity index (χ0v) is 25.9. The molecule has 3 aromatic rings. The number of fused-ring (bicyclic) bond motifs is 1. The number of hydrogen-bond donors (Lipinski definition) is 4. The summed E-state index contributed by atoms with van der Waals surface area (Å²) in [6.45, 7) is 1.81. The van der Waals surface area contributed by atoms with Gasteiger partial charge in [-0.1, -0.05) is 42.5 Å². The molecule has 0 bridgehead atoms. The van der Waals surface area contributed by atoms with E-state index in [1.165, 1.54) is 24.1 Å².